The van der Waals surface area contributed by atoms with E-state index in [9.17, 15) is 0 Å². The SMILES string of the molecule is COc1ccc(CCc2cc(OC)cc(Oc3cc(CCc4cccc(OC)c4)cc4c3OCO4)c2)cc1. The van der Waals surface area contributed by atoms with E-state index >= 15 is 0 Å². The Labute approximate surface area is 223 Å². The molecule has 38 heavy (non-hydrogen) atoms. The van der Waals surface area contributed by atoms with Crippen LogP contribution in [0.3, 0.4) is 0 Å². The molecule has 1 aliphatic rings. The number of aryl methyl sites for hydroxylation is 4. The lowest BCUT2D eigenvalue weighted by molar-refractivity contribution is 0.172. The Morgan fingerprint density at radius 1 is 0.553 bits per heavy atom. The van der Waals surface area contributed by atoms with Gasteiger partial charge in [0.15, 0.2) is 11.5 Å². The third kappa shape index (κ3) is 6.14. The van der Waals surface area contributed by atoms with Gasteiger partial charge in [0.2, 0.25) is 12.5 Å². The highest BCUT2D eigenvalue weighted by atomic mass is 16.7. The van der Waals surface area contributed by atoms with Gasteiger partial charge >= 0.3 is 0 Å². The summed E-state index contributed by atoms with van der Waals surface area (Å²) in [4.78, 5) is 0. The molecule has 0 amide bonds. The number of hydrogen-bond donors (Lipinski definition) is 0. The molecular weight excluding hydrogens is 480 g/mol. The molecule has 5 rings (SSSR count). The molecule has 4 aromatic carbocycles. The fourth-order valence-electron chi connectivity index (χ4n) is 4.53. The van der Waals surface area contributed by atoms with Gasteiger partial charge < -0.3 is 28.4 Å². The highest BCUT2D eigenvalue weighted by molar-refractivity contribution is 5.57. The van der Waals surface area contributed by atoms with E-state index in [1.807, 2.05) is 48.5 Å². The first-order valence-corrected chi connectivity index (χ1v) is 12.7. The summed E-state index contributed by atoms with van der Waals surface area (Å²) in [5.74, 6) is 5.11. The minimum Gasteiger partial charge on any atom is -0.497 e. The maximum atomic E-state index is 6.39. The van der Waals surface area contributed by atoms with Crippen molar-refractivity contribution in [2.75, 3.05) is 28.1 Å². The minimum atomic E-state index is 0.177. The van der Waals surface area contributed by atoms with E-state index in [0.717, 1.165) is 54.1 Å². The van der Waals surface area contributed by atoms with Crippen molar-refractivity contribution in [3.8, 4) is 40.2 Å². The summed E-state index contributed by atoms with van der Waals surface area (Å²) in [5.41, 5.74) is 4.68. The lowest BCUT2D eigenvalue weighted by Crippen LogP contribution is -1.97. The average Bonchev–Trinajstić information content (AvgIpc) is 3.44. The van der Waals surface area contributed by atoms with Gasteiger partial charge in [0.25, 0.3) is 0 Å². The van der Waals surface area contributed by atoms with Crippen molar-refractivity contribution < 1.29 is 28.4 Å². The second-order valence-corrected chi connectivity index (χ2v) is 9.15. The Kier molecular flexibility index (Phi) is 7.88. The van der Waals surface area contributed by atoms with Crippen molar-refractivity contribution in [2.45, 2.75) is 25.7 Å². The summed E-state index contributed by atoms with van der Waals surface area (Å²) in [6.07, 6.45) is 3.43. The number of hydrogen-bond acceptors (Lipinski definition) is 6. The van der Waals surface area contributed by atoms with Crippen LogP contribution in [0.4, 0.5) is 0 Å². The zero-order chi connectivity index (χ0) is 26.3. The van der Waals surface area contributed by atoms with Crippen LogP contribution in [0.25, 0.3) is 0 Å². The Morgan fingerprint density at radius 2 is 1.21 bits per heavy atom. The molecule has 1 aliphatic heterocycles. The highest BCUT2D eigenvalue weighted by Gasteiger charge is 2.21. The molecule has 4 aromatic rings. The molecule has 0 unspecified atom stereocenters. The molecule has 0 bridgehead atoms. The molecule has 6 heteroatoms. The molecular formula is C32H32O6. The van der Waals surface area contributed by atoms with Gasteiger partial charge in [-0.05, 0) is 96.5 Å². The first-order chi connectivity index (χ1) is 18.6. The molecule has 0 radical (unpaired) electrons. The van der Waals surface area contributed by atoms with Gasteiger partial charge in [-0.15, -0.1) is 0 Å². The van der Waals surface area contributed by atoms with E-state index in [-0.39, 0.29) is 6.79 Å². The summed E-state index contributed by atoms with van der Waals surface area (Å²) >= 11 is 0. The van der Waals surface area contributed by atoms with E-state index < -0.39 is 0 Å². The Bertz CT molecular complexity index is 1380. The summed E-state index contributed by atoms with van der Waals surface area (Å²) in [5, 5.41) is 0. The summed E-state index contributed by atoms with van der Waals surface area (Å²) in [6, 6.07) is 26.3. The van der Waals surface area contributed by atoms with Crippen molar-refractivity contribution >= 4 is 0 Å². The summed E-state index contributed by atoms with van der Waals surface area (Å²) in [7, 11) is 5.03. The summed E-state index contributed by atoms with van der Waals surface area (Å²) < 4.78 is 34.1. The van der Waals surface area contributed by atoms with E-state index in [0.29, 0.717) is 23.0 Å². The molecule has 0 aliphatic carbocycles. The van der Waals surface area contributed by atoms with E-state index in [4.69, 9.17) is 28.4 Å². The quantitative estimate of drug-likeness (QED) is 0.220. The summed E-state index contributed by atoms with van der Waals surface area (Å²) in [6.45, 7) is 0.177. The first kappa shape index (κ1) is 25.3. The highest BCUT2D eigenvalue weighted by Crippen LogP contribution is 2.44. The monoisotopic (exact) mass is 512 g/mol. The van der Waals surface area contributed by atoms with E-state index in [2.05, 4.69) is 30.3 Å². The number of fused-ring (bicyclic) bond motifs is 1. The second-order valence-electron chi connectivity index (χ2n) is 9.15. The van der Waals surface area contributed by atoms with Crippen LogP contribution < -0.4 is 28.4 Å². The van der Waals surface area contributed by atoms with Crippen LogP contribution in [0, 0.1) is 0 Å². The smallest absolute Gasteiger partial charge is 0.231 e. The van der Waals surface area contributed by atoms with Crippen LogP contribution in [-0.2, 0) is 25.7 Å². The Hall–Kier alpha value is -4.32. The van der Waals surface area contributed by atoms with Crippen LogP contribution in [-0.4, -0.2) is 28.1 Å². The van der Waals surface area contributed by atoms with Crippen LogP contribution in [0.1, 0.15) is 22.3 Å². The van der Waals surface area contributed by atoms with Crippen LogP contribution in [0.5, 0.6) is 40.2 Å². The molecule has 0 saturated carbocycles. The van der Waals surface area contributed by atoms with E-state index in [1.165, 1.54) is 11.1 Å². The zero-order valence-corrected chi connectivity index (χ0v) is 22.0. The van der Waals surface area contributed by atoms with Crippen LogP contribution in [0.15, 0.2) is 78.9 Å². The lowest BCUT2D eigenvalue weighted by Gasteiger charge is -2.14. The predicted octanol–water partition coefficient (Wildman–Crippen LogP) is 6.80. The van der Waals surface area contributed by atoms with Gasteiger partial charge in [0, 0.05) is 6.07 Å². The van der Waals surface area contributed by atoms with Gasteiger partial charge in [-0.25, -0.2) is 0 Å². The molecule has 1 heterocycles. The van der Waals surface area contributed by atoms with Gasteiger partial charge in [0.1, 0.15) is 23.0 Å². The van der Waals surface area contributed by atoms with Gasteiger partial charge in [-0.1, -0.05) is 24.3 Å². The Balaban J connectivity index is 1.34. The van der Waals surface area contributed by atoms with Crippen LogP contribution >= 0.6 is 0 Å². The molecule has 0 spiro atoms. The molecule has 0 atom stereocenters. The second kappa shape index (κ2) is 11.8. The molecule has 0 fully saturated rings. The van der Waals surface area contributed by atoms with Crippen molar-refractivity contribution in [2.24, 2.45) is 0 Å². The minimum absolute atomic E-state index is 0.177. The van der Waals surface area contributed by atoms with Gasteiger partial charge in [0.05, 0.1) is 21.3 Å². The maximum absolute atomic E-state index is 6.39. The third-order valence-corrected chi connectivity index (χ3v) is 6.60. The number of ether oxygens (including phenoxy) is 6. The normalized spacial score (nSPS) is 11.8. The maximum Gasteiger partial charge on any atom is 0.231 e. The molecule has 196 valence electrons. The molecule has 0 N–H and O–H groups in total. The number of rotatable bonds is 11. The standard InChI is InChI=1S/C32H32O6/c1-33-26-13-11-22(12-14-26)7-9-24-16-28(35-3)20-29(17-24)38-31-19-25(18-30-32(31)37-21-36-30)10-8-23-5-4-6-27(15-23)34-2/h4-6,11-20H,7-10,21H2,1-3H3. The molecule has 0 saturated heterocycles. The average molecular weight is 513 g/mol. The third-order valence-electron chi connectivity index (χ3n) is 6.60. The van der Waals surface area contributed by atoms with E-state index in [1.54, 1.807) is 21.3 Å². The fourth-order valence-corrected chi connectivity index (χ4v) is 4.53. The van der Waals surface area contributed by atoms with Gasteiger partial charge in [-0.2, -0.15) is 0 Å². The van der Waals surface area contributed by atoms with Crippen molar-refractivity contribution in [1.82, 2.24) is 0 Å². The zero-order valence-electron chi connectivity index (χ0n) is 22.0. The fraction of sp³-hybridized carbons (Fsp3) is 0.250. The predicted molar refractivity (Wildman–Crippen MR) is 146 cm³/mol. The van der Waals surface area contributed by atoms with Crippen molar-refractivity contribution in [1.29, 1.82) is 0 Å². The number of methoxy groups -OCH3 is 3. The Morgan fingerprint density at radius 3 is 1.97 bits per heavy atom. The van der Waals surface area contributed by atoms with Crippen molar-refractivity contribution in [3.63, 3.8) is 0 Å². The molecule has 0 aromatic heterocycles. The van der Waals surface area contributed by atoms with Crippen molar-refractivity contribution in [3.05, 3.63) is 101 Å². The molecule has 6 nitrogen and oxygen atoms in total. The van der Waals surface area contributed by atoms with Crippen LogP contribution in [0.2, 0.25) is 0 Å². The largest absolute Gasteiger partial charge is 0.497 e. The number of benzene rings is 4. The van der Waals surface area contributed by atoms with Gasteiger partial charge in [-0.3, -0.25) is 0 Å². The first-order valence-electron chi connectivity index (χ1n) is 12.7. The lowest BCUT2D eigenvalue weighted by atomic mass is 10.0. The topological polar surface area (TPSA) is 55.4 Å².